The van der Waals surface area contributed by atoms with Crippen molar-refractivity contribution < 1.29 is 4.79 Å². The van der Waals surface area contributed by atoms with Crippen LogP contribution in [0.4, 0.5) is 0 Å². The average molecular weight is 378 g/mol. The predicted octanol–water partition coefficient (Wildman–Crippen LogP) is 1.24. The maximum atomic E-state index is 12.1. The van der Waals surface area contributed by atoms with E-state index >= 15 is 0 Å². The van der Waals surface area contributed by atoms with Crippen molar-refractivity contribution in [2.45, 2.75) is 29.8 Å². The number of hydrogen-bond donors (Lipinski definition) is 4. The molecular formula is C14H22BrClN4O. The van der Waals surface area contributed by atoms with E-state index in [1.165, 1.54) is 0 Å². The Labute approximate surface area is 139 Å². The van der Waals surface area contributed by atoms with Crippen molar-refractivity contribution in [3.05, 3.63) is 35.9 Å². The molecule has 0 radical (unpaired) electrons. The monoisotopic (exact) mass is 376 g/mol. The number of amides is 1. The molecule has 1 saturated heterocycles. The molecule has 118 valence electrons. The molecule has 7 heteroatoms. The zero-order valence-electron chi connectivity index (χ0n) is 11.7. The molecule has 3 unspecified atom stereocenters. The first-order valence-corrected chi connectivity index (χ1v) is 7.83. The van der Waals surface area contributed by atoms with Crippen LogP contribution < -0.4 is 21.9 Å². The highest BCUT2D eigenvalue weighted by Gasteiger charge is 2.38. The Bertz CT molecular complexity index is 434. The fourth-order valence-electron chi connectivity index (χ4n) is 2.26. The molecule has 0 bridgehead atoms. The highest BCUT2D eigenvalue weighted by atomic mass is 79.9. The average Bonchev–Trinajstić information content (AvgIpc) is 2.86. The lowest BCUT2D eigenvalue weighted by Gasteiger charge is -2.17. The summed E-state index contributed by atoms with van der Waals surface area (Å²) in [6, 6.07) is 9.88. The fourth-order valence-corrected chi connectivity index (χ4v) is 3.07. The minimum atomic E-state index is -0.280. The quantitative estimate of drug-likeness (QED) is 0.444. The van der Waals surface area contributed by atoms with Crippen LogP contribution in [0.25, 0.3) is 0 Å². The molecule has 0 aliphatic carbocycles. The minimum Gasteiger partial charge on any atom is -0.355 e. The molecule has 1 amide bonds. The number of alkyl halides is 1. The van der Waals surface area contributed by atoms with Crippen molar-refractivity contribution in [2.24, 2.45) is 5.73 Å². The van der Waals surface area contributed by atoms with Crippen molar-refractivity contribution in [3.8, 4) is 0 Å². The zero-order valence-corrected chi connectivity index (χ0v) is 14.1. The number of unbranched alkanes of at least 4 members (excludes halogenated alkanes) is 1. The summed E-state index contributed by atoms with van der Waals surface area (Å²) in [5, 5.41) is 2.93. The Kier molecular flexibility index (Phi) is 8.21. The van der Waals surface area contributed by atoms with E-state index in [0.717, 1.165) is 18.4 Å². The summed E-state index contributed by atoms with van der Waals surface area (Å²) in [6.45, 7) is 1.33. The normalized spacial score (nSPS) is 24.4. The second-order valence-electron chi connectivity index (χ2n) is 4.89. The van der Waals surface area contributed by atoms with Gasteiger partial charge >= 0.3 is 0 Å². The van der Waals surface area contributed by atoms with E-state index in [9.17, 15) is 4.79 Å². The van der Waals surface area contributed by atoms with Gasteiger partial charge in [0.25, 0.3) is 0 Å². The highest BCUT2D eigenvalue weighted by Crippen LogP contribution is 2.28. The summed E-state index contributed by atoms with van der Waals surface area (Å²) in [7, 11) is 0. The number of benzene rings is 1. The smallest absolute Gasteiger partial charge is 0.239 e. The molecule has 0 saturated carbocycles. The van der Waals surface area contributed by atoms with Crippen LogP contribution in [0.5, 0.6) is 0 Å². The van der Waals surface area contributed by atoms with E-state index in [1.807, 2.05) is 18.2 Å². The van der Waals surface area contributed by atoms with Gasteiger partial charge in [-0.1, -0.05) is 46.3 Å². The number of hydrogen-bond acceptors (Lipinski definition) is 4. The molecule has 3 atom stereocenters. The first-order chi connectivity index (χ1) is 9.74. The van der Waals surface area contributed by atoms with E-state index < -0.39 is 0 Å². The summed E-state index contributed by atoms with van der Waals surface area (Å²) >= 11 is 3.63. The minimum absolute atomic E-state index is 0. The molecule has 21 heavy (non-hydrogen) atoms. The molecule has 1 fully saturated rings. The van der Waals surface area contributed by atoms with E-state index in [2.05, 4.69) is 44.2 Å². The first-order valence-electron chi connectivity index (χ1n) is 6.92. The molecular weight excluding hydrogens is 356 g/mol. The Balaban J connectivity index is 0.00000220. The van der Waals surface area contributed by atoms with Gasteiger partial charge in [0, 0.05) is 6.54 Å². The molecule has 1 aromatic carbocycles. The van der Waals surface area contributed by atoms with Crippen LogP contribution in [0.1, 0.15) is 24.4 Å². The van der Waals surface area contributed by atoms with Crippen molar-refractivity contribution in [1.82, 2.24) is 16.2 Å². The molecule has 1 aliphatic heterocycles. The topological polar surface area (TPSA) is 79.2 Å². The van der Waals surface area contributed by atoms with Gasteiger partial charge in [-0.3, -0.25) is 4.79 Å². The number of carbonyl (C=O) groups excluding carboxylic acids is 1. The third-order valence-electron chi connectivity index (χ3n) is 3.40. The highest BCUT2D eigenvalue weighted by molar-refractivity contribution is 9.09. The number of rotatable bonds is 6. The Hall–Kier alpha value is -0.660. The van der Waals surface area contributed by atoms with Gasteiger partial charge in [-0.15, -0.1) is 12.4 Å². The van der Waals surface area contributed by atoms with Crippen molar-refractivity contribution in [3.63, 3.8) is 0 Å². The zero-order chi connectivity index (χ0) is 14.4. The van der Waals surface area contributed by atoms with E-state index in [1.54, 1.807) is 0 Å². The predicted molar refractivity (Wildman–Crippen MR) is 90.5 cm³/mol. The standard InChI is InChI=1S/C14H21BrN4O.ClH/c15-11-12(10-6-2-1-3-7-10)18-19-13(11)14(20)17-9-5-4-8-16;/h1-3,6-7,11-13,18-19H,4-5,8-9,16H2,(H,17,20);1H. The summed E-state index contributed by atoms with van der Waals surface area (Å²) in [5.41, 5.74) is 12.8. The van der Waals surface area contributed by atoms with Crippen LogP contribution >= 0.6 is 28.3 Å². The van der Waals surface area contributed by atoms with Crippen LogP contribution in [0, 0.1) is 0 Å². The first kappa shape index (κ1) is 18.4. The van der Waals surface area contributed by atoms with Crippen molar-refractivity contribution in [1.29, 1.82) is 0 Å². The second-order valence-corrected chi connectivity index (χ2v) is 5.94. The van der Waals surface area contributed by atoms with Crippen LogP contribution in [-0.2, 0) is 4.79 Å². The molecule has 1 heterocycles. The summed E-state index contributed by atoms with van der Waals surface area (Å²) in [4.78, 5) is 12.1. The summed E-state index contributed by atoms with van der Waals surface area (Å²) in [5.74, 6) is 0.00910. The summed E-state index contributed by atoms with van der Waals surface area (Å²) in [6.07, 6.45) is 1.85. The lowest BCUT2D eigenvalue weighted by Crippen LogP contribution is -2.46. The maximum Gasteiger partial charge on any atom is 0.239 e. The van der Waals surface area contributed by atoms with E-state index in [-0.39, 0.29) is 35.2 Å². The number of nitrogens with one attached hydrogen (secondary N) is 3. The van der Waals surface area contributed by atoms with Crippen LogP contribution in [-0.4, -0.2) is 29.9 Å². The van der Waals surface area contributed by atoms with Crippen LogP contribution in [0.2, 0.25) is 0 Å². The van der Waals surface area contributed by atoms with Crippen LogP contribution in [0.15, 0.2) is 30.3 Å². The molecule has 2 rings (SSSR count). The Morgan fingerprint density at radius 3 is 2.62 bits per heavy atom. The lowest BCUT2D eigenvalue weighted by molar-refractivity contribution is -0.122. The fraction of sp³-hybridized carbons (Fsp3) is 0.500. The van der Waals surface area contributed by atoms with Crippen molar-refractivity contribution in [2.75, 3.05) is 13.1 Å². The summed E-state index contributed by atoms with van der Waals surface area (Å²) < 4.78 is 0. The molecule has 5 N–H and O–H groups in total. The molecule has 0 spiro atoms. The molecule has 5 nitrogen and oxygen atoms in total. The van der Waals surface area contributed by atoms with E-state index in [4.69, 9.17) is 5.73 Å². The number of halogens is 2. The van der Waals surface area contributed by atoms with Gasteiger partial charge in [0.15, 0.2) is 0 Å². The van der Waals surface area contributed by atoms with Gasteiger partial charge in [0.05, 0.1) is 10.9 Å². The largest absolute Gasteiger partial charge is 0.355 e. The second kappa shape index (κ2) is 9.38. The Morgan fingerprint density at radius 2 is 1.95 bits per heavy atom. The maximum absolute atomic E-state index is 12.1. The number of hydrazine groups is 1. The van der Waals surface area contributed by atoms with E-state index in [0.29, 0.717) is 13.1 Å². The lowest BCUT2D eigenvalue weighted by atomic mass is 10.0. The number of carbonyl (C=O) groups is 1. The van der Waals surface area contributed by atoms with Gasteiger partial charge in [-0.05, 0) is 24.9 Å². The SMILES string of the molecule is Cl.NCCCCNC(=O)C1NNC(c2ccccc2)C1Br. The third-order valence-corrected chi connectivity index (χ3v) is 4.46. The van der Waals surface area contributed by atoms with Crippen molar-refractivity contribution >= 4 is 34.2 Å². The number of nitrogens with two attached hydrogens (primary N) is 1. The van der Waals surface area contributed by atoms with Gasteiger partial charge in [-0.25, -0.2) is 10.9 Å². The van der Waals surface area contributed by atoms with Gasteiger partial charge in [-0.2, -0.15) is 0 Å². The van der Waals surface area contributed by atoms with Crippen LogP contribution in [0.3, 0.4) is 0 Å². The van der Waals surface area contributed by atoms with Gasteiger partial charge in [0.2, 0.25) is 5.91 Å². The van der Waals surface area contributed by atoms with Gasteiger partial charge < -0.3 is 11.1 Å². The Morgan fingerprint density at radius 1 is 1.24 bits per heavy atom. The molecule has 1 aliphatic rings. The molecule has 0 aromatic heterocycles. The third kappa shape index (κ3) is 4.93. The molecule has 1 aromatic rings. The van der Waals surface area contributed by atoms with Gasteiger partial charge in [0.1, 0.15) is 6.04 Å².